The third-order valence-corrected chi connectivity index (χ3v) is 3.79. The highest BCUT2D eigenvalue weighted by atomic mass is 16.7. The molecule has 4 rings (SSSR count). The van der Waals surface area contributed by atoms with Crippen molar-refractivity contribution >= 4 is 22.9 Å². The molecule has 9 heteroatoms. The molecule has 0 spiro atoms. The van der Waals surface area contributed by atoms with Crippen molar-refractivity contribution in [2.45, 2.75) is 6.92 Å². The molecule has 0 amide bonds. The van der Waals surface area contributed by atoms with Crippen molar-refractivity contribution < 1.29 is 18.9 Å². The van der Waals surface area contributed by atoms with Crippen LogP contribution in [0.15, 0.2) is 59.0 Å². The third-order valence-electron chi connectivity index (χ3n) is 3.79. The highest BCUT2D eigenvalue weighted by Gasteiger charge is 2.21. The number of fused-ring (bicyclic) bond motifs is 1. The number of hydrogen-bond donors (Lipinski definition) is 0. The van der Waals surface area contributed by atoms with Gasteiger partial charge in [-0.1, -0.05) is 18.2 Å². The molecular weight excluding hydrogens is 352 g/mol. The summed E-state index contributed by atoms with van der Waals surface area (Å²) in [5, 5.41) is 19.5. The van der Waals surface area contributed by atoms with Gasteiger partial charge < -0.3 is 9.15 Å². The highest BCUT2D eigenvalue weighted by molar-refractivity contribution is 5.89. The fourth-order valence-electron chi connectivity index (χ4n) is 2.52. The van der Waals surface area contributed by atoms with Gasteiger partial charge in [0.25, 0.3) is 0 Å². The van der Waals surface area contributed by atoms with Crippen LogP contribution < -0.4 is 4.74 Å². The first-order chi connectivity index (χ1) is 13.0. The molecule has 2 heterocycles. The van der Waals surface area contributed by atoms with E-state index in [2.05, 4.69) is 10.2 Å². The van der Waals surface area contributed by atoms with E-state index in [9.17, 15) is 14.9 Å². The van der Waals surface area contributed by atoms with Crippen LogP contribution in [-0.2, 0) is 0 Å². The lowest BCUT2D eigenvalue weighted by Gasteiger charge is -2.09. The lowest BCUT2D eigenvalue weighted by atomic mass is 10.2. The molecule has 0 aliphatic heterocycles. The maximum atomic E-state index is 12.3. The Morgan fingerprint density at radius 2 is 1.81 bits per heavy atom. The van der Waals surface area contributed by atoms with Crippen molar-refractivity contribution in [2.75, 3.05) is 0 Å². The van der Waals surface area contributed by atoms with Gasteiger partial charge in [-0.15, -0.1) is 15.0 Å². The molecule has 0 fully saturated rings. The van der Waals surface area contributed by atoms with Crippen molar-refractivity contribution in [3.8, 4) is 11.4 Å². The van der Waals surface area contributed by atoms with Crippen molar-refractivity contribution in [3.63, 3.8) is 0 Å². The summed E-state index contributed by atoms with van der Waals surface area (Å²) in [7, 11) is 0. The molecule has 4 aromatic rings. The number of carbonyl (C=O) groups is 1. The zero-order chi connectivity index (χ0) is 19.0. The monoisotopic (exact) mass is 364 g/mol. The highest BCUT2D eigenvalue weighted by Crippen LogP contribution is 2.26. The zero-order valence-electron chi connectivity index (χ0n) is 14.0. The first-order valence-electron chi connectivity index (χ1n) is 7.91. The van der Waals surface area contributed by atoms with Gasteiger partial charge in [0.05, 0.1) is 6.07 Å². The van der Waals surface area contributed by atoms with Gasteiger partial charge in [0.2, 0.25) is 5.76 Å². The SMILES string of the molecule is Cc1ccc(OC(=O)c2ccc([N+](=O)[O-])o2)c(-n2nc3ccccc3n2)c1. The van der Waals surface area contributed by atoms with Crippen molar-refractivity contribution in [1.29, 1.82) is 0 Å². The van der Waals surface area contributed by atoms with Crippen LogP contribution in [0, 0.1) is 17.0 Å². The van der Waals surface area contributed by atoms with Crippen LogP contribution in [0.25, 0.3) is 16.7 Å². The summed E-state index contributed by atoms with van der Waals surface area (Å²) in [5.74, 6) is -1.47. The van der Waals surface area contributed by atoms with Gasteiger partial charge in [-0.05, 0) is 42.8 Å². The first-order valence-corrected chi connectivity index (χ1v) is 7.91. The van der Waals surface area contributed by atoms with Crippen LogP contribution in [0.4, 0.5) is 5.88 Å². The zero-order valence-corrected chi connectivity index (χ0v) is 14.0. The second-order valence-corrected chi connectivity index (χ2v) is 5.73. The molecular formula is C18H12N4O5. The Morgan fingerprint density at radius 3 is 2.44 bits per heavy atom. The van der Waals surface area contributed by atoms with Gasteiger partial charge in [0.15, 0.2) is 5.75 Å². The summed E-state index contributed by atoms with van der Waals surface area (Å²) in [6.45, 7) is 1.88. The van der Waals surface area contributed by atoms with E-state index in [1.807, 2.05) is 31.2 Å². The Balaban J connectivity index is 1.70. The molecule has 0 radical (unpaired) electrons. The topological polar surface area (TPSA) is 113 Å². The maximum Gasteiger partial charge on any atom is 0.433 e. The average molecular weight is 364 g/mol. The number of ether oxygens (including phenoxy) is 1. The minimum atomic E-state index is -0.857. The molecule has 0 bridgehead atoms. The number of esters is 1. The molecule has 2 aromatic heterocycles. The van der Waals surface area contributed by atoms with Crippen molar-refractivity contribution in [1.82, 2.24) is 15.0 Å². The Bertz CT molecular complexity index is 1140. The quantitative estimate of drug-likeness (QED) is 0.236. The molecule has 27 heavy (non-hydrogen) atoms. The molecule has 134 valence electrons. The summed E-state index contributed by atoms with van der Waals surface area (Å²) in [4.78, 5) is 23.6. The average Bonchev–Trinajstić information content (AvgIpc) is 3.30. The minimum absolute atomic E-state index is 0.199. The second kappa shape index (κ2) is 6.37. The lowest BCUT2D eigenvalue weighted by molar-refractivity contribution is -0.402. The van der Waals surface area contributed by atoms with E-state index in [0.717, 1.165) is 11.6 Å². The summed E-state index contributed by atoms with van der Waals surface area (Å²) < 4.78 is 10.3. The number of benzene rings is 2. The molecule has 0 aliphatic rings. The Morgan fingerprint density at radius 1 is 1.11 bits per heavy atom. The van der Waals surface area contributed by atoms with Crippen molar-refractivity contribution in [2.24, 2.45) is 0 Å². The maximum absolute atomic E-state index is 12.3. The van der Waals surface area contributed by atoms with Gasteiger partial charge >= 0.3 is 11.9 Å². The van der Waals surface area contributed by atoms with Crippen molar-refractivity contribution in [3.05, 3.63) is 76.0 Å². The van der Waals surface area contributed by atoms with Gasteiger partial charge in [0, 0.05) is 0 Å². The molecule has 0 N–H and O–H groups in total. The van der Waals surface area contributed by atoms with E-state index in [1.165, 1.54) is 10.9 Å². The number of hydrogen-bond acceptors (Lipinski definition) is 7. The van der Waals surface area contributed by atoms with Crippen LogP contribution in [0.5, 0.6) is 5.75 Å². The Labute approximate surface area is 151 Å². The smallest absolute Gasteiger partial charge is 0.418 e. The van der Waals surface area contributed by atoms with Gasteiger partial charge in [-0.25, -0.2) is 4.79 Å². The summed E-state index contributed by atoms with van der Waals surface area (Å²) in [6.07, 6.45) is 0. The molecule has 9 nitrogen and oxygen atoms in total. The number of furan rings is 1. The first kappa shape index (κ1) is 16.5. The number of aryl methyl sites for hydroxylation is 1. The fraction of sp³-hybridized carbons (Fsp3) is 0.0556. The number of nitro groups is 1. The van der Waals surface area contributed by atoms with E-state index < -0.39 is 16.8 Å². The van der Waals surface area contributed by atoms with E-state index >= 15 is 0 Å². The predicted octanol–water partition coefficient (Wildman–Crippen LogP) is 3.45. The third kappa shape index (κ3) is 3.13. The van der Waals surface area contributed by atoms with Crippen LogP contribution >= 0.6 is 0 Å². The molecule has 0 aliphatic carbocycles. The minimum Gasteiger partial charge on any atom is -0.418 e. The largest absolute Gasteiger partial charge is 0.433 e. The molecule has 0 atom stereocenters. The van der Waals surface area contributed by atoms with Gasteiger partial charge in [-0.3, -0.25) is 10.1 Å². The van der Waals surface area contributed by atoms with Crippen LogP contribution in [0.2, 0.25) is 0 Å². The molecule has 0 unspecified atom stereocenters. The van der Waals surface area contributed by atoms with Gasteiger partial charge in [0.1, 0.15) is 21.6 Å². The fourth-order valence-corrected chi connectivity index (χ4v) is 2.52. The number of aromatic nitrogens is 3. The molecule has 2 aromatic carbocycles. The summed E-state index contributed by atoms with van der Waals surface area (Å²) >= 11 is 0. The standard InChI is InChI=1S/C18H12N4O5/c1-11-6-7-15(27-18(23)16-8-9-17(26-16)22(24)25)14(10-11)21-19-12-4-2-3-5-13(12)20-21/h2-10H,1H3. The van der Waals surface area contributed by atoms with Crippen LogP contribution in [0.3, 0.4) is 0 Å². The molecule has 0 saturated carbocycles. The lowest BCUT2D eigenvalue weighted by Crippen LogP contribution is -2.11. The molecule has 0 saturated heterocycles. The number of carbonyl (C=O) groups excluding carboxylic acids is 1. The Kier molecular flexibility index (Phi) is 3.88. The summed E-state index contributed by atoms with van der Waals surface area (Å²) in [6, 6.07) is 14.8. The van der Waals surface area contributed by atoms with E-state index in [4.69, 9.17) is 9.15 Å². The normalized spacial score (nSPS) is 10.9. The number of rotatable bonds is 4. The number of nitrogens with zero attached hydrogens (tertiary/aromatic N) is 4. The van der Waals surface area contributed by atoms with E-state index in [1.54, 1.807) is 18.2 Å². The Hall–Kier alpha value is -4.01. The van der Waals surface area contributed by atoms with Crippen LogP contribution in [-0.4, -0.2) is 25.9 Å². The van der Waals surface area contributed by atoms with Gasteiger partial charge in [-0.2, -0.15) is 0 Å². The summed E-state index contributed by atoms with van der Waals surface area (Å²) in [5.41, 5.74) is 2.76. The predicted molar refractivity (Wildman–Crippen MR) is 93.9 cm³/mol. The van der Waals surface area contributed by atoms with E-state index in [0.29, 0.717) is 16.7 Å². The second-order valence-electron chi connectivity index (χ2n) is 5.73. The van der Waals surface area contributed by atoms with Crippen LogP contribution in [0.1, 0.15) is 16.1 Å². The van der Waals surface area contributed by atoms with E-state index in [-0.39, 0.29) is 11.5 Å².